The van der Waals surface area contributed by atoms with E-state index in [1.165, 1.54) is 12.2 Å². The molecule has 1 rings (SSSR count). The van der Waals surface area contributed by atoms with Crippen LogP contribution >= 0.6 is 23.2 Å². The van der Waals surface area contributed by atoms with Crippen molar-refractivity contribution < 1.29 is 9.90 Å². The van der Waals surface area contributed by atoms with Crippen LogP contribution < -0.4 is 5.73 Å². The number of carbonyl (C=O) groups excluding carboxylic acids is 1. The molecule has 65 valence electrons. The van der Waals surface area contributed by atoms with Crippen molar-refractivity contribution in [1.82, 2.24) is 0 Å². The molecule has 0 saturated heterocycles. The lowest BCUT2D eigenvalue weighted by Crippen LogP contribution is -2.37. The SMILES string of the molecule is NC(=O)C1(Cl)C=CC([O])C(Cl)=C1. The number of primary amides is 1. The number of amides is 1. The van der Waals surface area contributed by atoms with Crippen molar-refractivity contribution >= 4 is 29.1 Å². The monoisotopic (exact) mass is 206 g/mol. The van der Waals surface area contributed by atoms with Crippen LogP contribution in [-0.4, -0.2) is 16.9 Å². The van der Waals surface area contributed by atoms with Crippen LogP contribution in [0.2, 0.25) is 0 Å². The summed E-state index contributed by atoms with van der Waals surface area (Å²) in [6, 6.07) is 0. The smallest absolute Gasteiger partial charge is 0.246 e. The van der Waals surface area contributed by atoms with E-state index >= 15 is 0 Å². The minimum Gasteiger partial charge on any atom is -0.368 e. The van der Waals surface area contributed by atoms with E-state index in [-0.39, 0.29) is 5.03 Å². The summed E-state index contributed by atoms with van der Waals surface area (Å²) in [6.45, 7) is 0. The van der Waals surface area contributed by atoms with Crippen LogP contribution in [0.25, 0.3) is 0 Å². The minimum atomic E-state index is -1.43. The molecular weight excluding hydrogens is 201 g/mol. The van der Waals surface area contributed by atoms with Gasteiger partial charge in [-0.05, 0) is 12.2 Å². The van der Waals surface area contributed by atoms with E-state index < -0.39 is 16.9 Å². The second-order valence-electron chi connectivity index (χ2n) is 2.44. The van der Waals surface area contributed by atoms with Crippen molar-refractivity contribution in [1.29, 1.82) is 0 Å². The lowest BCUT2D eigenvalue weighted by Gasteiger charge is -2.20. The molecule has 2 unspecified atom stereocenters. The molecule has 0 heterocycles. The second kappa shape index (κ2) is 3.09. The molecule has 1 radical (unpaired) electrons. The maximum atomic E-state index is 10.9. The Kier molecular flexibility index (Phi) is 2.46. The Labute approximate surface area is 79.4 Å². The quantitative estimate of drug-likeness (QED) is 0.504. The molecule has 0 aliphatic heterocycles. The maximum absolute atomic E-state index is 10.9. The number of halogens is 2. The van der Waals surface area contributed by atoms with Gasteiger partial charge in [0.05, 0.1) is 5.03 Å². The fraction of sp³-hybridized carbons (Fsp3) is 0.286. The van der Waals surface area contributed by atoms with Gasteiger partial charge in [-0.25, -0.2) is 5.11 Å². The van der Waals surface area contributed by atoms with Gasteiger partial charge in [-0.1, -0.05) is 29.3 Å². The predicted octanol–water partition coefficient (Wildman–Crippen LogP) is 0.941. The van der Waals surface area contributed by atoms with Crippen LogP contribution in [0.15, 0.2) is 23.3 Å². The summed E-state index contributed by atoms with van der Waals surface area (Å²) in [5.74, 6) is -0.745. The first-order chi connectivity index (χ1) is 5.46. The molecule has 5 heteroatoms. The van der Waals surface area contributed by atoms with Gasteiger partial charge in [0, 0.05) is 0 Å². The third-order valence-electron chi connectivity index (χ3n) is 1.51. The fourth-order valence-corrected chi connectivity index (χ4v) is 1.29. The van der Waals surface area contributed by atoms with Gasteiger partial charge in [-0.2, -0.15) is 0 Å². The molecule has 1 aliphatic rings. The van der Waals surface area contributed by atoms with Crippen molar-refractivity contribution in [3.63, 3.8) is 0 Å². The zero-order valence-electron chi connectivity index (χ0n) is 5.96. The Morgan fingerprint density at radius 2 is 2.25 bits per heavy atom. The molecule has 0 saturated carbocycles. The summed E-state index contributed by atoms with van der Waals surface area (Å²) in [4.78, 5) is 9.33. The summed E-state index contributed by atoms with van der Waals surface area (Å²) in [5, 5.41) is 10.9. The van der Waals surface area contributed by atoms with E-state index in [9.17, 15) is 9.90 Å². The van der Waals surface area contributed by atoms with Crippen molar-refractivity contribution in [3.8, 4) is 0 Å². The minimum absolute atomic E-state index is 0.00806. The van der Waals surface area contributed by atoms with E-state index in [1.807, 2.05) is 0 Å². The molecule has 2 N–H and O–H groups in total. The highest BCUT2D eigenvalue weighted by atomic mass is 35.5. The number of carbonyl (C=O) groups is 1. The molecule has 0 aromatic heterocycles. The molecular formula is C7H6Cl2NO2. The first-order valence-electron chi connectivity index (χ1n) is 3.18. The molecule has 1 amide bonds. The first-order valence-corrected chi connectivity index (χ1v) is 3.93. The van der Waals surface area contributed by atoms with Gasteiger partial charge in [0.2, 0.25) is 5.91 Å². The molecule has 12 heavy (non-hydrogen) atoms. The summed E-state index contributed by atoms with van der Waals surface area (Å²) in [6.07, 6.45) is 2.48. The highest BCUT2D eigenvalue weighted by molar-refractivity contribution is 6.40. The van der Waals surface area contributed by atoms with Crippen LogP contribution in [-0.2, 0) is 9.90 Å². The fourth-order valence-electron chi connectivity index (χ4n) is 0.804. The Balaban J connectivity index is 2.99. The number of nitrogens with two attached hydrogens (primary N) is 1. The summed E-state index contributed by atoms with van der Waals surface area (Å²) in [5.41, 5.74) is 4.98. The Bertz CT molecular complexity index is 275. The third kappa shape index (κ3) is 1.63. The van der Waals surface area contributed by atoms with Gasteiger partial charge in [-0.3, -0.25) is 4.79 Å². The van der Waals surface area contributed by atoms with Crippen molar-refractivity contribution in [3.05, 3.63) is 23.3 Å². The molecule has 3 nitrogen and oxygen atoms in total. The van der Waals surface area contributed by atoms with Crippen molar-refractivity contribution in [2.45, 2.75) is 11.0 Å². The second-order valence-corrected chi connectivity index (χ2v) is 3.50. The standard InChI is InChI=1S/C7H6Cl2NO2/c8-4-3-7(9,6(10)12)2-1-5(4)11/h1-3,5H,(H2,10,12). The summed E-state index contributed by atoms with van der Waals surface area (Å²) >= 11 is 11.2. The van der Waals surface area contributed by atoms with E-state index in [1.54, 1.807) is 0 Å². The lowest BCUT2D eigenvalue weighted by atomic mass is 10.0. The molecule has 0 bridgehead atoms. The van der Waals surface area contributed by atoms with Crippen LogP contribution in [0.4, 0.5) is 0 Å². The lowest BCUT2D eigenvalue weighted by molar-refractivity contribution is -0.118. The molecule has 0 aromatic rings. The molecule has 0 aromatic carbocycles. The predicted molar refractivity (Wildman–Crippen MR) is 45.3 cm³/mol. The van der Waals surface area contributed by atoms with Gasteiger partial charge < -0.3 is 5.73 Å². The van der Waals surface area contributed by atoms with Gasteiger partial charge in [0.25, 0.3) is 0 Å². The highest BCUT2D eigenvalue weighted by Crippen LogP contribution is 2.28. The van der Waals surface area contributed by atoms with Gasteiger partial charge in [0.15, 0.2) is 4.87 Å². The molecule has 1 aliphatic carbocycles. The van der Waals surface area contributed by atoms with E-state index in [2.05, 4.69) is 0 Å². The van der Waals surface area contributed by atoms with Crippen molar-refractivity contribution in [2.24, 2.45) is 5.73 Å². The Morgan fingerprint density at radius 1 is 1.67 bits per heavy atom. The molecule has 2 atom stereocenters. The number of hydrogen-bond acceptors (Lipinski definition) is 1. The van der Waals surface area contributed by atoms with E-state index in [0.29, 0.717) is 0 Å². The summed E-state index contributed by atoms with van der Waals surface area (Å²) in [7, 11) is 0. The van der Waals surface area contributed by atoms with Gasteiger partial charge >= 0.3 is 0 Å². The largest absolute Gasteiger partial charge is 0.368 e. The van der Waals surface area contributed by atoms with Crippen LogP contribution in [0.3, 0.4) is 0 Å². The van der Waals surface area contributed by atoms with E-state index in [4.69, 9.17) is 28.9 Å². The maximum Gasteiger partial charge on any atom is 0.246 e. The third-order valence-corrected chi connectivity index (χ3v) is 2.26. The van der Waals surface area contributed by atoms with Crippen LogP contribution in [0.1, 0.15) is 0 Å². The zero-order chi connectivity index (χ0) is 9.35. The average molecular weight is 207 g/mol. The average Bonchev–Trinajstić information content (AvgIpc) is 1.97. The topological polar surface area (TPSA) is 63.0 Å². The Hall–Kier alpha value is -0.510. The zero-order valence-corrected chi connectivity index (χ0v) is 7.47. The molecule has 0 spiro atoms. The number of alkyl halides is 1. The highest BCUT2D eigenvalue weighted by Gasteiger charge is 2.33. The number of hydrogen-bond donors (Lipinski definition) is 1. The molecule has 0 fully saturated rings. The van der Waals surface area contributed by atoms with Crippen molar-refractivity contribution in [2.75, 3.05) is 0 Å². The summed E-state index contributed by atoms with van der Waals surface area (Å²) < 4.78 is 0. The van der Waals surface area contributed by atoms with Crippen LogP contribution in [0, 0.1) is 0 Å². The Morgan fingerprint density at radius 3 is 2.67 bits per heavy atom. The van der Waals surface area contributed by atoms with E-state index in [0.717, 1.165) is 6.08 Å². The normalized spacial score (nSPS) is 34.6. The van der Waals surface area contributed by atoms with Gasteiger partial charge in [-0.15, -0.1) is 0 Å². The number of rotatable bonds is 1. The van der Waals surface area contributed by atoms with Crippen LogP contribution in [0.5, 0.6) is 0 Å². The first kappa shape index (κ1) is 9.58. The van der Waals surface area contributed by atoms with Gasteiger partial charge in [0.1, 0.15) is 6.10 Å².